The third kappa shape index (κ3) is 3.01. The molecule has 0 amide bonds. The van der Waals surface area contributed by atoms with Crippen LogP contribution in [-0.2, 0) is 0 Å². The number of fused-ring (bicyclic) bond motifs is 2. The predicted octanol–water partition coefficient (Wildman–Crippen LogP) is 3.35. The van der Waals surface area contributed by atoms with Gasteiger partial charge in [0.05, 0.1) is 10.9 Å². The summed E-state index contributed by atoms with van der Waals surface area (Å²) in [5.74, 6) is -0.198. The monoisotopic (exact) mass is 394 g/mol. The van der Waals surface area contributed by atoms with Crippen LogP contribution >= 0.6 is 0 Å². The Morgan fingerprint density at radius 2 is 1.93 bits per heavy atom. The van der Waals surface area contributed by atoms with Crippen LogP contribution in [0.2, 0.25) is 0 Å². The molecular formula is C19H17F3N2O4. The van der Waals surface area contributed by atoms with E-state index in [9.17, 15) is 23.1 Å². The molecule has 0 spiro atoms. The largest absolute Gasteiger partial charge is 0.573 e. The minimum Gasteiger partial charge on any atom is -0.485 e. The van der Waals surface area contributed by atoms with Crippen molar-refractivity contribution in [2.45, 2.75) is 38.0 Å². The van der Waals surface area contributed by atoms with E-state index in [0.29, 0.717) is 10.9 Å². The SMILES string of the molecule is CC1(C)Oc2ccc(OC(F)(F)F)cc2[C@@H](n2[nH]c3ccccc3c2=O)[C@@H]1O. The molecule has 2 atom stereocenters. The molecule has 1 aliphatic heterocycles. The smallest absolute Gasteiger partial charge is 0.485 e. The third-order valence-corrected chi connectivity index (χ3v) is 4.81. The fourth-order valence-electron chi connectivity index (χ4n) is 3.50. The van der Waals surface area contributed by atoms with Crippen molar-refractivity contribution in [2.75, 3.05) is 0 Å². The molecule has 28 heavy (non-hydrogen) atoms. The van der Waals surface area contributed by atoms with Crippen molar-refractivity contribution in [1.82, 2.24) is 9.78 Å². The Kier molecular flexibility index (Phi) is 3.97. The van der Waals surface area contributed by atoms with E-state index in [1.165, 1.54) is 10.7 Å². The molecule has 4 rings (SSSR count). The molecule has 2 aromatic carbocycles. The highest BCUT2D eigenvalue weighted by Crippen LogP contribution is 2.43. The van der Waals surface area contributed by atoms with Crippen LogP contribution in [0.15, 0.2) is 47.3 Å². The lowest BCUT2D eigenvalue weighted by molar-refractivity contribution is -0.274. The Morgan fingerprint density at radius 1 is 1.21 bits per heavy atom. The molecule has 0 bridgehead atoms. The Hall–Kier alpha value is -2.94. The van der Waals surface area contributed by atoms with Crippen molar-refractivity contribution in [2.24, 2.45) is 0 Å². The summed E-state index contributed by atoms with van der Waals surface area (Å²) in [5.41, 5.74) is -0.721. The zero-order valence-corrected chi connectivity index (χ0v) is 14.9. The van der Waals surface area contributed by atoms with Gasteiger partial charge in [-0.2, -0.15) is 0 Å². The lowest BCUT2D eigenvalue weighted by Gasteiger charge is -2.42. The molecule has 1 aromatic heterocycles. The van der Waals surface area contributed by atoms with Gasteiger partial charge >= 0.3 is 6.36 Å². The molecule has 2 N–H and O–H groups in total. The molecular weight excluding hydrogens is 377 g/mol. The van der Waals surface area contributed by atoms with E-state index in [2.05, 4.69) is 9.84 Å². The normalized spacial score (nSPS) is 21.2. The van der Waals surface area contributed by atoms with Gasteiger partial charge in [0.1, 0.15) is 29.2 Å². The maximum absolute atomic E-state index is 12.9. The fraction of sp³-hybridized carbons (Fsp3) is 0.316. The van der Waals surface area contributed by atoms with E-state index in [4.69, 9.17) is 4.74 Å². The predicted molar refractivity (Wildman–Crippen MR) is 94.5 cm³/mol. The summed E-state index contributed by atoms with van der Waals surface area (Å²) in [6, 6.07) is 9.39. The molecule has 0 radical (unpaired) electrons. The topological polar surface area (TPSA) is 76.5 Å². The van der Waals surface area contributed by atoms with Crippen molar-refractivity contribution in [3.05, 3.63) is 58.4 Å². The lowest BCUT2D eigenvalue weighted by Crippen LogP contribution is -2.52. The van der Waals surface area contributed by atoms with Crippen molar-refractivity contribution in [1.29, 1.82) is 0 Å². The van der Waals surface area contributed by atoms with E-state index in [-0.39, 0.29) is 11.3 Å². The van der Waals surface area contributed by atoms with Crippen molar-refractivity contribution in [3.63, 3.8) is 0 Å². The van der Waals surface area contributed by atoms with Gasteiger partial charge in [-0.3, -0.25) is 9.89 Å². The average Bonchev–Trinajstić information content (AvgIpc) is 2.92. The maximum Gasteiger partial charge on any atom is 0.573 e. The Labute approximate surface area is 157 Å². The fourth-order valence-corrected chi connectivity index (χ4v) is 3.50. The van der Waals surface area contributed by atoms with Crippen molar-refractivity contribution < 1.29 is 27.8 Å². The zero-order chi connectivity index (χ0) is 20.3. The highest BCUT2D eigenvalue weighted by atomic mass is 19.4. The first-order valence-electron chi connectivity index (χ1n) is 8.53. The van der Waals surface area contributed by atoms with Gasteiger partial charge in [0.2, 0.25) is 0 Å². The summed E-state index contributed by atoms with van der Waals surface area (Å²) in [6.07, 6.45) is -6.08. The standard InChI is InChI=1S/C19H17F3N2O4/c1-18(2)16(25)15(24-17(26)11-5-3-4-6-13(11)23-24)12-9-10(27-19(20,21)22)7-8-14(12)28-18/h3-9,15-16,23,25H,1-2H3/t15-,16+/m1/s1. The Morgan fingerprint density at radius 3 is 2.61 bits per heavy atom. The number of hydrogen-bond donors (Lipinski definition) is 2. The second-order valence-electron chi connectivity index (χ2n) is 7.18. The van der Waals surface area contributed by atoms with Crippen LogP contribution in [0.4, 0.5) is 13.2 Å². The number of aliphatic hydroxyl groups excluding tert-OH is 1. The van der Waals surface area contributed by atoms with E-state index < -0.39 is 35.4 Å². The molecule has 148 valence electrons. The van der Waals surface area contributed by atoms with Gasteiger partial charge in [-0.05, 0) is 44.2 Å². The van der Waals surface area contributed by atoms with Gasteiger partial charge in [0.25, 0.3) is 5.56 Å². The number of halogens is 3. The van der Waals surface area contributed by atoms with Crippen LogP contribution in [0.5, 0.6) is 11.5 Å². The number of benzene rings is 2. The average molecular weight is 394 g/mol. The summed E-state index contributed by atoms with van der Waals surface area (Å²) >= 11 is 0. The number of aliphatic hydroxyl groups is 1. The van der Waals surface area contributed by atoms with Gasteiger partial charge in [0.15, 0.2) is 0 Å². The molecule has 1 aliphatic rings. The molecule has 6 nitrogen and oxygen atoms in total. The quantitative estimate of drug-likeness (QED) is 0.699. The summed E-state index contributed by atoms with van der Waals surface area (Å²) in [4.78, 5) is 12.9. The summed E-state index contributed by atoms with van der Waals surface area (Å²) in [6.45, 7) is 3.28. The number of para-hydroxylation sites is 1. The summed E-state index contributed by atoms with van der Waals surface area (Å²) < 4.78 is 48.9. The maximum atomic E-state index is 12.9. The van der Waals surface area contributed by atoms with Gasteiger partial charge in [0, 0.05) is 5.56 Å². The van der Waals surface area contributed by atoms with Crippen LogP contribution in [0.25, 0.3) is 10.9 Å². The first-order chi connectivity index (χ1) is 13.1. The lowest BCUT2D eigenvalue weighted by atomic mass is 9.86. The second kappa shape index (κ2) is 6.03. The van der Waals surface area contributed by atoms with E-state index in [0.717, 1.165) is 12.1 Å². The number of ether oxygens (including phenoxy) is 2. The number of nitrogens with one attached hydrogen (secondary N) is 1. The van der Waals surface area contributed by atoms with Crippen molar-refractivity contribution in [3.8, 4) is 11.5 Å². The third-order valence-electron chi connectivity index (χ3n) is 4.81. The highest BCUT2D eigenvalue weighted by molar-refractivity contribution is 5.77. The molecule has 0 unspecified atom stereocenters. The van der Waals surface area contributed by atoms with Crippen LogP contribution in [0, 0.1) is 0 Å². The van der Waals surface area contributed by atoms with E-state index in [1.54, 1.807) is 38.1 Å². The summed E-state index contributed by atoms with van der Waals surface area (Å²) in [7, 11) is 0. The first kappa shape index (κ1) is 18.4. The second-order valence-corrected chi connectivity index (χ2v) is 7.18. The molecule has 0 saturated heterocycles. The number of alkyl halides is 3. The Bertz CT molecular complexity index is 1100. The minimum absolute atomic E-state index is 0.210. The van der Waals surface area contributed by atoms with Crippen LogP contribution in [0.1, 0.15) is 25.5 Å². The van der Waals surface area contributed by atoms with Crippen LogP contribution < -0.4 is 15.0 Å². The zero-order valence-electron chi connectivity index (χ0n) is 14.9. The first-order valence-corrected chi connectivity index (χ1v) is 8.53. The van der Waals surface area contributed by atoms with Crippen LogP contribution in [0.3, 0.4) is 0 Å². The number of aromatic amines is 1. The molecule has 0 aliphatic carbocycles. The molecule has 9 heteroatoms. The van der Waals surface area contributed by atoms with Gasteiger partial charge in [-0.15, -0.1) is 13.2 Å². The van der Waals surface area contributed by atoms with Gasteiger partial charge < -0.3 is 14.6 Å². The molecule has 2 heterocycles. The molecule has 3 aromatic rings. The molecule has 0 fully saturated rings. The van der Waals surface area contributed by atoms with E-state index in [1.807, 2.05) is 0 Å². The Balaban J connectivity index is 1.91. The number of rotatable bonds is 2. The van der Waals surface area contributed by atoms with E-state index >= 15 is 0 Å². The van der Waals surface area contributed by atoms with Gasteiger partial charge in [-0.1, -0.05) is 12.1 Å². The molecule has 0 saturated carbocycles. The highest BCUT2D eigenvalue weighted by Gasteiger charge is 2.45. The summed E-state index contributed by atoms with van der Waals surface area (Å²) in [5, 5.41) is 14.2. The van der Waals surface area contributed by atoms with Crippen LogP contribution in [-0.4, -0.2) is 33.0 Å². The number of aromatic nitrogens is 2. The minimum atomic E-state index is -4.87. The van der Waals surface area contributed by atoms with Crippen molar-refractivity contribution >= 4 is 10.9 Å². The number of H-pyrrole nitrogens is 1. The van der Waals surface area contributed by atoms with Gasteiger partial charge in [-0.25, -0.2) is 4.68 Å². The number of nitrogens with zero attached hydrogens (tertiary/aromatic N) is 1. The number of hydrogen-bond acceptors (Lipinski definition) is 4.